The molecule has 1 aliphatic carbocycles. The van der Waals surface area contributed by atoms with Crippen LogP contribution in [0.4, 0.5) is 19.0 Å². The lowest BCUT2D eigenvalue weighted by Crippen LogP contribution is -2.27. The van der Waals surface area contributed by atoms with Crippen LogP contribution < -0.4 is 21.3 Å². The number of aromatic amines is 1. The van der Waals surface area contributed by atoms with Gasteiger partial charge in [0.15, 0.2) is 0 Å². The Bertz CT molecular complexity index is 1240. The number of carbonyl (C=O) groups excluding carboxylic acids is 1. The number of benzene rings is 1. The van der Waals surface area contributed by atoms with Crippen LogP contribution in [-0.4, -0.2) is 26.9 Å². The molecule has 8 nitrogen and oxygen atoms in total. The SMILES string of the molecule is NC(=O)c1cc(-c2ccc(OCc3cncnc3NC3CCCC3)cc2)c(C(F)(F)F)[nH]c1=O. The molecular formula is C23H22F3N5O3. The maximum atomic E-state index is 13.5. The Labute approximate surface area is 192 Å². The number of hydrogen-bond donors (Lipinski definition) is 3. The highest BCUT2D eigenvalue weighted by Gasteiger charge is 2.36. The van der Waals surface area contributed by atoms with Crippen LogP contribution >= 0.6 is 0 Å². The third kappa shape index (κ3) is 5.19. The molecule has 1 amide bonds. The fourth-order valence-electron chi connectivity index (χ4n) is 3.91. The van der Waals surface area contributed by atoms with Crippen molar-refractivity contribution in [1.82, 2.24) is 15.0 Å². The number of rotatable bonds is 7. The Morgan fingerprint density at radius 3 is 2.56 bits per heavy atom. The molecule has 0 saturated heterocycles. The van der Waals surface area contributed by atoms with Gasteiger partial charge < -0.3 is 20.8 Å². The molecule has 3 aromatic rings. The zero-order valence-electron chi connectivity index (χ0n) is 18.0. The molecule has 34 heavy (non-hydrogen) atoms. The molecule has 4 rings (SSSR count). The van der Waals surface area contributed by atoms with Gasteiger partial charge in [0.25, 0.3) is 11.5 Å². The third-order valence-electron chi connectivity index (χ3n) is 5.63. The van der Waals surface area contributed by atoms with Crippen LogP contribution in [0.1, 0.15) is 47.3 Å². The maximum Gasteiger partial charge on any atom is 0.431 e. The van der Waals surface area contributed by atoms with Crippen molar-refractivity contribution in [3.8, 4) is 16.9 Å². The highest BCUT2D eigenvalue weighted by atomic mass is 19.4. The Kier molecular flexibility index (Phi) is 6.53. The Hall–Kier alpha value is -3.89. The number of amides is 1. The van der Waals surface area contributed by atoms with Crippen LogP contribution in [0.2, 0.25) is 0 Å². The first kappa shape index (κ1) is 23.3. The fraction of sp³-hybridized carbons (Fsp3) is 0.304. The molecule has 0 unspecified atom stereocenters. The Morgan fingerprint density at radius 1 is 1.21 bits per heavy atom. The molecule has 1 saturated carbocycles. The molecule has 2 heterocycles. The maximum absolute atomic E-state index is 13.5. The molecule has 1 fully saturated rings. The quantitative estimate of drug-likeness (QED) is 0.479. The molecular weight excluding hydrogens is 451 g/mol. The number of anilines is 1. The summed E-state index contributed by atoms with van der Waals surface area (Å²) in [5.74, 6) is -0.0173. The third-order valence-corrected chi connectivity index (χ3v) is 5.63. The molecule has 0 spiro atoms. The minimum atomic E-state index is -4.84. The van der Waals surface area contributed by atoms with Crippen molar-refractivity contribution in [2.75, 3.05) is 5.32 Å². The van der Waals surface area contributed by atoms with Gasteiger partial charge in [-0.15, -0.1) is 0 Å². The first-order valence-corrected chi connectivity index (χ1v) is 10.7. The van der Waals surface area contributed by atoms with E-state index in [2.05, 4.69) is 15.3 Å². The monoisotopic (exact) mass is 473 g/mol. The van der Waals surface area contributed by atoms with Crippen LogP contribution in [0.15, 0.2) is 47.7 Å². The van der Waals surface area contributed by atoms with Crippen LogP contribution in [0, 0.1) is 0 Å². The van der Waals surface area contributed by atoms with E-state index in [0.717, 1.165) is 24.5 Å². The topological polar surface area (TPSA) is 123 Å². The number of alkyl halides is 3. The largest absolute Gasteiger partial charge is 0.489 e. The second kappa shape index (κ2) is 9.54. The summed E-state index contributed by atoms with van der Waals surface area (Å²) in [5.41, 5.74) is 2.62. The van der Waals surface area contributed by atoms with Gasteiger partial charge in [-0.05, 0) is 36.6 Å². The van der Waals surface area contributed by atoms with E-state index in [1.54, 1.807) is 11.2 Å². The van der Waals surface area contributed by atoms with Gasteiger partial charge in [0.05, 0.1) is 5.56 Å². The number of pyridine rings is 1. The van der Waals surface area contributed by atoms with Gasteiger partial charge in [0, 0.05) is 17.8 Å². The van der Waals surface area contributed by atoms with E-state index in [4.69, 9.17) is 10.5 Å². The number of nitrogens with two attached hydrogens (primary N) is 1. The molecule has 1 aromatic carbocycles. The fourth-order valence-corrected chi connectivity index (χ4v) is 3.91. The van der Waals surface area contributed by atoms with E-state index in [1.165, 1.54) is 43.4 Å². The van der Waals surface area contributed by atoms with Crippen molar-refractivity contribution in [2.24, 2.45) is 5.73 Å². The smallest absolute Gasteiger partial charge is 0.431 e. The van der Waals surface area contributed by atoms with E-state index < -0.39 is 28.9 Å². The average molecular weight is 473 g/mol. The Balaban J connectivity index is 1.54. The zero-order valence-corrected chi connectivity index (χ0v) is 18.0. The molecule has 0 atom stereocenters. The van der Waals surface area contributed by atoms with Gasteiger partial charge in [-0.1, -0.05) is 25.0 Å². The summed E-state index contributed by atoms with van der Waals surface area (Å²) in [6.07, 6.45) is 2.77. The summed E-state index contributed by atoms with van der Waals surface area (Å²) in [7, 11) is 0. The van der Waals surface area contributed by atoms with Gasteiger partial charge >= 0.3 is 6.18 Å². The van der Waals surface area contributed by atoms with Crippen LogP contribution in [-0.2, 0) is 12.8 Å². The summed E-state index contributed by atoms with van der Waals surface area (Å²) in [5, 5.41) is 3.41. The number of aromatic nitrogens is 3. The lowest BCUT2D eigenvalue weighted by atomic mass is 10.0. The van der Waals surface area contributed by atoms with Gasteiger partial charge in [-0.2, -0.15) is 13.2 Å². The highest BCUT2D eigenvalue weighted by Crippen LogP contribution is 2.36. The van der Waals surface area contributed by atoms with E-state index in [0.29, 0.717) is 17.6 Å². The number of primary amides is 1. The molecule has 4 N–H and O–H groups in total. The number of nitrogens with one attached hydrogen (secondary N) is 2. The van der Waals surface area contributed by atoms with E-state index >= 15 is 0 Å². The number of H-pyrrole nitrogens is 1. The summed E-state index contributed by atoms with van der Waals surface area (Å²) in [6, 6.07) is 7.02. The molecule has 178 valence electrons. The van der Waals surface area contributed by atoms with Crippen molar-refractivity contribution in [2.45, 2.75) is 44.5 Å². The van der Waals surface area contributed by atoms with Gasteiger partial charge in [0.1, 0.15) is 35.8 Å². The summed E-state index contributed by atoms with van der Waals surface area (Å²) < 4.78 is 46.3. The molecule has 2 aromatic heterocycles. The van der Waals surface area contributed by atoms with Crippen molar-refractivity contribution in [1.29, 1.82) is 0 Å². The van der Waals surface area contributed by atoms with E-state index in [1.807, 2.05) is 0 Å². The summed E-state index contributed by atoms with van der Waals surface area (Å²) in [6.45, 7) is 0.160. The molecule has 0 bridgehead atoms. The standard InChI is InChI=1S/C23H22F3N5O3/c24-23(25,26)19-17(9-18(20(27)32)22(33)31-19)13-5-7-16(8-6-13)34-11-14-10-28-12-29-21(14)30-15-3-1-2-4-15/h5-10,12,15H,1-4,11H2,(H2,27,32)(H,31,33)(H,28,29,30). The zero-order chi connectivity index (χ0) is 24.3. The van der Waals surface area contributed by atoms with Crippen molar-refractivity contribution < 1.29 is 22.7 Å². The normalized spacial score (nSPS) is 14.2. The second-order valence-electron chi connectivity index (χ2n) is 8.00. The van der Waals surface area contributed by atoms with Crippen LogP contribution in [0.5, 0.6) is 5.75 Å². The number of nitrogens with zero attached hydrogens (tertiary/aromatic N) is 2. The lowest BCUT2D eigenvalue weighted by molar-refractivity contribution is -0.140. The van der Waals surface area contributed by atoms with Crippen LogP contribution in [0.3, 0.4) is 0 Å². The summed E-state index contributed by atoms with van der Waals surface area (Å²) >= 11 is 0. The molecule has 11 heteroatoms. The van der Waals surface area contributed by atoms with E-state index in [9.17, 15) is 22.8 Å². The average Bonchev–Trinajstić information content (AvgIpc) is 3.31. The summed E-state index contributed by atoms with van der Waals surface area (Å²) in [4.78, 5) is 33.4. The minimum Gasteiger partial charge on any atom is -0.489 e. The number of hydrogen-bond acceptors (Lipinski definition) is 6. The number of ether oxygens (including phenoxy) is 1. The Morgan fingerprint density at radius 2 is 1.91 bits per heavy atom. The number of carbonyl (C=O) groups is 1. The van der Waals surface area contributed by atoms with E-state index in [-0.39, 0.29) is 17.7 Å². The lowest BCUT2D eigenvalue weighted by Gasteiger charge is -2.16. The number of halogens is 3. The van der Waals surface area contributed by atoms with Gasteiger partial charge in [0.2, 0.25) is 0 Å². The van der Waals surface area contributed by atoms with Gasteiger partial charge in [-0.25, -0.2) is 9.97 Å². The predicted octanol–water partition coefficient (Wildman–Crippen LogP) is 3.88. The van der Waals surface area contributed by atoms with Crippen molar-refractivity contribution >= 4 is 11.7 Å². The highest BCUT2D eigenvalue weighted by molar-refractivity contribution is 5.94. The molecule has 1 aliphatic rings. The predicted molar refractivity (Wildman–Crippen MR) is 118 cm³/mol. The first-order valence-electron chi connectivity index (χ1n) is 10.7. The first-order chi connectivity index (χ1) is 16.2. The van der Waals surface area contributed by atoms with Crippen LogP contribution in [0.25, 0.3) is 11.1 Å². The minimum absolute atomic E-state index is 0.130. The van der Waals surface area contributed by atoms with Gasteiger partial charge in [-0.3, -0.25) is 9.59 Å². The van der Waals surface area contributed by atoms with Crippen molar-refractivity contribution in [3.63, 3.8) is 0 Å². The molecule has 0 radical (unpaired) electrons. The second-order valence-corrected chi connectivity index (χ2v) is 8.00. The van der Waals surface area contributed by atoms with Crippen molar-refractivity contribution in [3.05, 3.63) is 70.0 Å². The molecule has 0 aliphatic heterocycles.